The summed E-state index contributed by atoms with van der Waals surface area (Å²) in [6, 6.07) is 1.64. The van der Waals surface area contributed by atoms with E-state index in [0.717, 1.165) is 0 Å². The molecule has 1 aromatic rings. The van der Waals surface area contributed by atoms with Gasteiger partial charge in [0.05, 0.1) is 12.2 Å². The van der Waals surface area contributed by atoms with Gasteiger partial charge >= 0.3 is 0 Å². The van der Waals surface area contributed by atoms with Crippen molar-refractivity contribution in [2.24, 2.45) is 5.92 Å². The Morgan fingerprint density at radius 3 is 2.62 bits per heavy atom. The van der Waals surface area contributed by atoms with Crippen LogP contribution in [0.3, 0.4) is 0 Å². The summed E-state index contributed by atoms with van der Waals surface area (Å²) >= 11 is 0. The van der Waals surface area contributed by atoms with Gasteiger partial charge in [-0.2, -0.15) is 0 Å². The molecule has 1 heterocycles. The molecule has 0 amide bonds. The van der Waals surface area contributed by atoms with E-state index in [-0.39, 0.29) is 12.7 Å². The van der Waals surface area contributed by atoms with Crippen LogP contribution in [0.5, 0.6) is 11.8 Å². The molecule has 0 spiro atoms. The van der Waals surface area contributed by atoms with Crippen molar-refractivity contribution >= 4 is 0 Å². The molecule has 1 aromatic heterocycles. The van der Waals surface area contributed by atoms with E-state index in [1.54, 1.807) is 6.07 Å². The topological polar surface area (TPSA) is 44.2 Å². The Kier molecular flexibility index (Phi) is 4.59. The first-order valence-electron chi connectivity index (χ1n) is 5.18. The second-order valence-electron chi connectivity index (χ2n) is 3.75. The van der Waals surface area contributed by atoms with Crippen molar-refractivity contribution in [2.45, 2.75) is 26.9 Å². The summed E-state index contributed by atoms with van der Waals surface area (Å²) in [5, 5.41) is 0. The van der Waals surface area contributed by atoms with Gasteiger partial charge in [-0.1, -0.05) is 19.8 Å². The molecule has 0 aromatic carbocycles. The molecule has 0 aliphatic carbocycles. The predicted octanol–water partition coefficient (Wildman–Crippen LogP) is 1.91. The van der Waals surface area contributed by atoms with E-state index in [1.165, 1.54) is 6.33 Å². The minimum atomic E-state index is 0.0929. The van der Waals surface area contributed by atoms with Crippen molar-refractivity contribution in [3.8, 4) is 24.1 Å². The number of hydrogen-bond acceptors (Lipinski definition) is 4. The zero-order chi connectivity index (χ0) is 12.0. The molecule has 0 radical (unpaired) electrons. The number of rotatable bonds is 5. The predicted molar refractivity (Wildman–Crippen MR) is 61.3 cm³/mol. The summed E-state index contributed by atoms with van der Waals surface area (Å²) in [5.41, 5.74) is 0. The molecule has 0 N–H and O–H groups in total. The summed E-state index contributed by atoms with van der Waals surface area (Å²) in [5.74, 6) is 3.73. The second-order valence-corrected chi connectivity index (χ2v) is 3.75. The Hall–Kier alpha value is -1.76. The first-order valence-corrected chi connectivity index (χ1v) is 5.18. The minimum absolute atomic E-state index is 0.0929. The standard InChI is InChI=1S/C12H16N2O2/c1-5-6-15-11-7-12(14-8-13-11)16-10(4)9(2)3/h1,7-10H,6H2,2-4H3/t10-/m0/s1. The van der Waals surface area contributed by atoms with Crippen molar-refractivity contribution < 1.29 is 9.47 Å². The Labute approximate surface area is 96.0 Å². The van der Waals surface area contributed by atoms with E-state index in [4.69, 9.17) is 15.9 Å². The number of nitrogens with zero attached hydrogens (tertiary/aromatic N) is 2. The van der Waals surface area contributed by atoms with Gasteiger partial charge in [-0.05, 0) is 12.8 Å². The zero-order valence-electron chi connectivity index (χ0n) is 9.80. The van der Waals surface area contributed by atoms with Gasteiger partial charge < -0.3 is 9.47 Å². The summed E-state index contributed by atoms with van der Waals surface area (Å²) in [6.07, 6.45) is 6.58. The third kappa shape index (κ3) is 3.77. The number of hydrogen-bond donors (Lipinski definition) is 0. The Morgan fingerprint density at radius 2 is 2.00 bits per heavy atom. The molecule has 16 heavy (non-hydrogen) atoms. The number of ether oxygens (including phenoxy) is 2. The lowest BCUT2D eigenvalue weighted by atomic mass is 10.1. The third-order valence-corrected chi connectivity index (χ3v) is 2.17. The quantitative estimate of drug-likeness (QED) is 0.711. The molecule has 0 aliphatic rings. The lowest BCUT2D eigenvalue weighted by Gasteiger charge is -2.17. The van der Waals surface area contributed by atoms with Crippen LogP contribution in [0.4, 0.5) is 0 Å². The summed E-state index contributed by atoms with van der Waals surface area (Å²) in [7, 11) is 0. The average Bonchev–Trinajstić information content (AvgIpc) is 2.26. The van der Waals surface area contributed by atoms with Crippen LogP contribution in [0.25, 0.3) is 0 Å². The van der Waals surface area contributed by atoms with E-state index < -0.39 is 0 Å². The van der Waals surface area contributed by atoms with Gasteiger partial charge in [-0.3, -0.25) is 0 Å². The van der Waals surface area contributed by atoms with E-state index >= 15 is 0 Å². The highest BCUT2D eigenvalue weighted by Crippen LogP contribution is 2.16. The van der Waals surface area contributed by atoms with Crippen LogP contribution in [-0.2, 0) is 0 Å². The zero-order valence-corrected chi connectivity index (χ0v) is 9.80. The SMILES string of the molecule is C#CCOc1cc(O[C@@H](C)C(C)C)ncn1. The molecule has 1 rings (SSSR count). The smallest absolute Gasteiger partial charge is 0.221 e. The molecule has 0 unspecified atom stereocenters. The van der Waals surface area contributed by atoms with Crippen molar-refractivity contribution in [3.05, 3.63) is 12.4 Å². The maximum absolute atomic E-state index is 5.61. The summed E-state index contributed by atoms with van der Waals surface area (Å²) in [4.78, 5) is 7.93. The van der Waals surface area contributed by atoms with Crippen molar-refractivity contribution in [2.75, 3.05) is 6.61 Å². The highest BCUT2D eigenvalue weighted by atomic mass is 16.5. The van der Waals surface area contributed by atoms with Crippen LogP contribution < -0.4 is 9.47 Å². The normalized spacial score (nSPS) is 11.9. The molecule has 0 saturated carbocycles. The third-order valence-electron chi connectivity index (χ3n) is 2.17. The molecule has 0 bridgehead atoms. The van der Waals surface area contributed by atoms with Crippen LogP contribution >= 0.6 is 0 Å². The van der Waals surface area contributed by atoms with Crippen LogP contribution in [-0.4, -0.2) is 22.7 Å². The summed E-state index contributed by atoms with van der Waals surface area (Å²) in [6.45, 7) is 6.36. The molecule has 0 fully saturated rings. The molecular weight excluding hydrogens is 204 g/mol. The first kappa shape index (κ1) is 12.3. The molecule has 4 heteroatoms. The lowest BCUT2D eigenvalue weighted by Crippen LogP contribution is -2.19. The van der Waals surface area contributed by atoms with Gasteiger partial charge in [0, 0.05) is 0 Å². The van der Waals surface area contributed by atoms with Gasteiger partial charge in [-0.15, -0.1) is 6.42 Å². The number of aromatic nitrogens is 2. The van der Waals surface area contributed by atoms with Crippen molar-refractivity contribution in [3.63, 3.8) is 0 Å². The monoisotopic (exact) mass is 220 g/mol. The number of terminal acetylenes is 1. The van der Waals surface area contributed by atoms with Crippen molar-refractivity contribution in [1.29, 1.82) is 0 Å². The highest BCUT2D eigenvalue weighted by Gasteiger charge is 2.10. The maximum atomic E-state index is 5.61. The van der Waals surface area contributed by atoms with Gasteiger partial charge in [0.25, 0.3) is 0 Å². The fourth-order valence-corrected chi connectivity index (χ4v) is 0.908. The highest BCUT2D eigenvalue weighted by molar-refractivity contribution is 5.18. The van der Waals surface area contributed by atoms with E-state index in [2.05, 4.69) is 29.7 Å². The van der Waals surface area contributed by atoms with Gasteiger partial charge in [-0.25, -0.2) is 9.97 Å². The van der Waals surface area contributed by atoms with Crippen LogP contribution in [0, 0.1) is 18.3 Å². The molecule has 0 aliphatic heterocycles. The molecule has 86 valence electrons. The molecular formula is C12H16N2O2. The Balaban J connectivity index is 2.64. The molecule has 1 atom stereocenters. The van der Waals surface area contributed by atoms with Crippen LogP contribution in [0.2, 0.25) is 0 Å². The lowest BCUT2D eigenvalue weighted by molar-refractivity contribution is 0.162. The largest absolute Gasteiger partial charge is 0.474 e. The van der Waals surface area contributed by atoms with Gasteiger partial charge in [0.15, 0.2) is 6.61 Å². The fourth-order valence-electron chi connectivity index (χ4n) is 0.908. The Morgan fingerprint density at radius 1 is 1.31 bits per heavy atom. The molecule has 0 saturated heterocycles. The first-order chi connectivity index (χ1) is 7.63. The van der Waals surface area contributed by atoms with Crippen LogP contribution in [0.15, 0.2) is 12.4 Å². The summed E-state index contributed by atoms with van der Waals surface area (Å²) < 4.78 is 10.8. The van der Waals surface area contributed by atoms with Gasteiger partial charge in [0.1, 0.15) is 6.33 Å². The van der Waals surface area contributed by atoms with Crippen molar-refractivity contribution in [1.82, 2.24) is 9.97 Å². The average molecular weight is 220 g/mol. The van der Waals surface area contributed by atoms with E-state index in [9.17, 15) is 0 Å². The maximum Gasteiger partial charge on any atom is 0.221 e. The van der Waals surface area contributed by atoms with Gasteiger partial charge in [0.2, 0.25) is 11.8 Å². The second kappa shape index (κ2) is 5.96. The molecule has 4 nitrogen and oxygen atoms in total. The van der Waals surface area contributed by atoms with E-state index in [0.29, 0.717) is 17.7 Å². The minimum Gasteiger partial charge on any atom is -0.474 e. The fraction of sp³-hybridized carbons (Fsp3) is 0.500. The van der Waals surface area contributed by atoms with Crippen LogP contribution in [0.1, 0.15) is 20.8 Å². The Bertz CT molecular complexity index is 372. The van der Waals surface area contributed by atoms with E-state index in [1.807, 2.05) is 6.92 Å².